The van der Waals surface area contributed by atoms with Gasteiger partial charge < -0.3 is 5.11 Å². The van der Waals surface area contributed by atoms with Crippen molar-refractivity contribution in [2.45, 2.75) is 11.9 Å². The second-order valence-corrected chi connectivity index (χ2v) is 6.22. The van der Waals surface area contributed by atoms with Gasteiger partial charge in [0.2, 0.25) is 0 Å². The minimum Gasteiger partial charge on any atom is -0.478 e. The number of aromatic carboxylic acids is 1. The molecule has 0 saturated heterocycles. The molecule has 0 bridgehead atoms. The van der Waals surface area contributed by atoms with E-state index in [9.17, 15) is 13.2 Å². The lowest BCUT2D eigenvalue weighted by Gasteiger charge is -2.09. The van der Waals surface area contributed by atoms with Crippen LogP contribution < -0.4 is 4.72 Å². The summed E-state index contributed by atoms with van der Waals surface area (Å²) in [6, 6.07) is 3.08. The van der Waals surface area contributed by atoms with Crippen LogP contribution >= 0.6 is 15.9 Å². The number of rotatable bonds is 4. The highest BCUT2D eigenvalue weighted by Crippen LogP contribution is 2.21. The number of aromatic amines is 1. The molecular weight excluding hydrogens is 352 g/mol. The Labute approximate surface area is 122 Å². The summed E-state index contributed by atoms with van der Waals surface area (Å²) in [5.74, 6) is -1.38. The number of aromatic nitrogens is 3. The Morgan fingerprint density at radius 3 is 2.75 bits per heavy atom. The van der Waals surface area contributed by atoms with E-state index in [1.807, 2.05) is 0 Å². The van der Waals surface area contributed by atoms with E-state index in [4.69, 9.17) is 5.11 Å². The smallest absolute Gasteiger partial charge is 0.340 e. The fourth-order valence-electron chi connectivity index (χ4n) is 1.47. The van der Waals surface area contributed by atoms with Crippen LogP contribution in [0.25, 0.3) is 0 Å². The van der Waals surface area contributed by atoms with Gasteiger partial charge in [0.15, 0.2) is 5.03 Å². The van der Waals surface area contributed by atoms with E-state index in [-0.39, 0.29) is 5.69 Å². The third-order valence-corrected chi connectivity index (χ3v) is 4.18. The molecule has 0 spiro atoms. The molecule has 2 heterocycles. The molecule has 0 aliphatic rings. The summed E-state index contributed by atoms with van der Waals surface area (Å²) in [6.07, 6.45) is 0.934. The minimum atomic E-state index is -4.09. The second-order valence-electron chi connectivity index (χ2n) is 3.79. The standard InChI is InChI=1S/C10H9BrN4O4S/c1-5-7(2-3-8(11)13-5)15-20(18,19)9-6(10(16)17)4-12-14-9/h2-4,15H,1H3,(H,12,14)(H,16,17). The molecule has 0 saturated carbocycles. The molecule has 0 unspecified atom stereocenters. The predicted octanol–water partition coefficient (Wildman–Crippen LogP) is 1.37. The first-order valence-electron chi connectivity index (χ1n) is 5.24. The lowest BCUT2D eigenvalue weighted by molar-refractivity contribution is 0.0692. The van der Waals surface area contributed by atoms with Crippen molar-refractivity contribution in [3.8, 4) is 0 Å². The maximum absolute atomic E-state index is 12.1. The summed E-state index contributed by atoms with van der Waals surface area (Å²) in [4.78, 5) is 15.0. The number of carboxylic acid groups (broad SMARTS) is 1. The Bertz CT molecular complexity index is 771. The van der Waals surface area contributed by atoms with Gasteiger partial charge in [0.1, 0.15) is 10.2 Å². The van der Waals surface area contributed by atoms with Crippen LogP contribution in [0.1, 0.15) is 16.1 Å². The SMILES string of the molecule is Cc1nc(Br)ccc1NS(=O)(=O)c1[nH]ncc1C(=O)O. The molecule has 0 fully saturated rings. The van der Waals surface area contributed by atoms with Gasteiger partial charge >= 0.3 is 5.97 Å². The van der Waals surface area contributed by atoms with Crippen LogP contribution in [0.15, 0.2) is 28.0 Å². The van der Waals surface area contributed by atoms with Crippen molar-refractivity contribution < 1.29 is 18.3 Å². The normalized spacial score (nSPS) is 11.3. The van der Waals surface area contributed by atoms with Crippen molar-refractivity contribution in [1.29, 1.82) is 0 Å². The van der Waals surface area contributed by atoms with E-state index in [1.165, 1.54) is 6.07 Å². The van der Waals surface area contributed by atoms with Crippen LogP contribution in [0, 0.1) is 6.92 Å². The summed E-state index contributed by atoms with van der Waals surface area (Å²) in [7, 11) is -4.09. The van der Waals surface area contributed by atoms with Crippen LogP contribution in [0.2, 0.25) is 0 Å². The van der Waals surface area contributed by atoms with Crippen LogP contribution in [0.4, 0.5) is 5.69 Å². The molecule has 8 nitrogen and oxygen atoms in total. The first kappa shape index (κ1) is 14.5. The molecule has 10 heteroatoms. The number of nitrogens with zero attached hydrogens (tertiary/aromatic N) is 2. The summed E-state index contributed by atoms with van der Waals surface area (Å²) in [5.41, 5.74) is 0.263. The number of hydrogen-bond donors (Lipinski definition) is 3. The molecule has 106 valence electrons. The van der Waals surface area contributed by atoms with Crippen LogP contribution in [-0.2, 0) is 10.0 Å². The molecule has 3 N–H and O–H groups in total. The highest BCUT2D eigenvalue weighted by atomic mass is 79.9. The van der Waals surface area contributed by atoms with Crippen molar-refractivity contribution in [2.75, 3.05) is 4.72 Å². The fraction of sp³-hybridized carbons (Fsp3) is 0.100. The van der Waals surface area contributed by atoms with Crippen LogP contribution in [-0.4, -0.2) is 34.7 Å². The number of aryl methyl sites for hydroxylation is 1. The van der Waals surface area contributed by atoms with Crippen molar-refractivity contribution >= 4 is 37.6 Å². The van der Waals surface area contributed by atoms with E-state index >= 15 is 0 Å². The van der Waals surface area contributed by atoms with E-state index in [0.717, 1.165) is 6.20 Å². The van der Waals surface area contributed by atoms with Gasteiger partial charge in [-0.3, -0.25) is 9.82 Å². The number of nitrogens with one attached hydrogen (secondary N) is 2. The predicted molar refractivity (Wildman–Crippen MR) is 73.0 cm³/mol. The highest BCUT2D eigenvalue weighted by Gasteiger charge is 2.25. The number of carboxylic acids is 1. The molecule has 0 aliphatic heterocycles. The zero-order valence-corrected chi connectivity index (χ0v) is 12.5. The molecule has 20 heavy (non-hydrogen) atoms. The van der Waals surface area contributed by atoms with E-state index in [1.54, 1.807) is 13.0 Å². The summed E-state index contributed by atoms with van der Waals surface area (Å²) >= 11 is 3.16. The number of carbonyl (C=O) groups is 1. The molecule has 2 aromatic rings. The first-order chi connectivity index (χ1) is 9.31. The van der Waals surface area contributed by atoms with Crippen molar-refractivity contribution in [1.82, 2.24) is 15.2 Å². The van der Waals surface area contributed by atoms with Crippen molar-refractivity contribution in [3.63, 3.8) is 0 Å². The number of sulfonamides is 1. The molecule has 0 aromatic carbocycles. The molecule has 2 aromatic heterocycles. The number of H-pyrrole nitrogens is 1. The summed E-state index contributed by atoms with van der Waals surface area (Å²) in [5, 5.41) is 14.0. The van der Waals surface area contributed by atoms with E-state index in [0.29, 0.717) is 10.3 Å². The number of hydrogen-bond acceptors (Lipinski definition) is 5. The van der Waals surface area contributed by atoms with E-state index in [2.05, 4.69) is 35.8 Å². The van der Waals surface area contributed by atoms with E-state index < -0.39 is 26.6 Å². The van der Waals surface area contributed by atoms with Gasteiger partial charge in [0, 0.05) is 0 Å². The van der Waals surface area contributed by atoms with Gasteiger partial charge in [-0.1, -0.05) is 0 Å². The van der Waals surface area contributed by atoms with Gasteiger partial charge in [-0.05, 0) is 35.0 Å². The fourth-order valence-corrected chi connectivity index (χ4v) is 3.07. The van der Waals surface area contributed by atoms with Gasteiger partial charge in [-0.15, -0.1) is 0 Å². The van der Waals surface area contributed by atoms with Gasteiger partial charge in [0.05, 0.1) is 17.6 Å². The lowest BCUT2D eigenvalue weighted by atomic mass is 10.3. The maximum Gasteiger partial charge on any atom is 0.340 e. The Morgan fingerprint density at radius 2 is 2.15 bits per heavy atom. The second kappa shape index (κ2) is 5.21. The average molecular weight is 361 g/mol. The Kier molecular flexibility index (Phi) is 3.77. The summed E-state index contributed by atoms with van der Waals surface area (Å²) in [6.45, 7) is 1.62. The van der Waals surface area contributed by atoms with Gasteiger partial charge in [-0.2, -0.15) is 13.5 Å². The summed E-state index contributed by atoms with van der Waals surface area (Å²) < 4.78 is 27.1. The van der Waals surface area contributed by atoms with Crippen molar-refractivity contribution in [3.05, 3.63) is 34.2 Å². The molecule has 0 amide bonds. The number of pyridine rings is 1. The largest absolute Gasteiger partial charge is 0.478 e. The maximum atomic E-state index is 12.1. The van der Waals surface area contributed by atoms with Crippen LogP contribution in [0.5, 0.6) is 0 Å². The zero-order valence-electron chi connectivity index (χ0n) is 10.1. The molecular formula is C10H9BrN4O4S. The Hall–Kier alpha value is -1.94. The minimum absolute atomic E-state index is 0.249. The van der Waals surface area contributed by atoms with Crippen molar-refractivity contribution in [2.24, 2.45) is 0 Å². The van der Waals surface area contributed by atoms with Gasteiger partial charge in [-0.25, -0.2) is 9.78 Å². The average Bonchev–Trinajstić information content (AvgIpc) is 2.82. The van der Waals surface area contributed by atoms with Gasteiger partial charge in [0.25, 0.3) is 10.0 Å². The molecule has 0 atom stereocenters. The lowest BCUT2D eigenvalue weighted by Crippen LogP contribution is -2.17. The topological polar surface area (TPSA) is 125 Å². The number of halogens is 1. The quantitative estimate of drug-likeness (QED) is 0.707. The first-order valence-corrected chi connectivity index (χ1v) is 7.51. The number of anilines is 1. The Balaban J connectivity index is 2.41. The Morgan fingerprint density at radius 1 is 1.45 bits per heavy atom. The third kappa shape index (κ3) is 2.80. The molecule has 0 aliphatic carbocycles. The third-order valence-electron chi connectivity index (χ3n) is 2.40. The molecule has 0 radical (unpaired) electrons. The van der Waals surface area contributed by atoms with Crippen LogP contribution in [0.3, 0.4) is 0 Å². The zero-order chi connectivity index (χ0) is 14.9. The molecule has 2 rings (SSSR count). The monoisotopic (exact) mass is 360 g/mol. The highest BCUT2D eigenvalue weighted by molar-refractivity contribution is 9.10.